The van der Waals surface area contributed by atoms with Gasteiger partial charge >= 0.3 is 5.97 Å². The van der Waals surface area contributed by atoms with Crippen LogP contribution in [0.1, 0.15) is 54.4 Å². The topological polar surface area (TPSA) is 102 Å². The van der Waals surface area contributed by atoms with Crippen molar-refractivity contribution in [3.05, 3.63) is 46.1 Å². The lowest BCUT2D eigenvalue weighted by atomic mass is 9.88. The van der Waals surface area contributed by atoms with Crippen LogP contribution in [0.3, 0.4) is 0 Å². The molecule has 7 nitrogen and oxygen atoms in total. The third kappa shape index (κ3) is 5.36. The van der Waals surface area contributed by atoms with E-state index in [1.165, 1.54) is 11.3 Å². The number of benzene rings is 1. The largest absolute Gasteiger partial charge is 0.462 e. The molecule has 0 saturated heterocycles. The maximum atomic E-state index is 13.1. The molecule has 1 amide bonds. The van der Waals surface area contributed by atoms with E-state index in [-0.39, 0.29) is 17.9 Å². The minimum atomic E-state index is -4.04. The summed E-state index contributed by atoms with van der Waals surface area (Å²) in [6.45, 7) is 5.74. The quantitative estimate of drug-likeness (QED) is 0.556. The van der Waals surface area contributed by atoms with Gasteiger partial charge in [0, 0.05) is 4.88 Å². The third-order valence-electron chi connectivity index (χ3n) is 5.37. The normalized spacial score (nSPS) is 16.8. The first-order chi connectivity index (χ1) is 15.2. The first kappa shape index (κ1) is 24.3. The Morgan fingerprint density at radius 2 is 1.94 bits per heavy atom. The van der Waals surface area contributed by atoms with Gasteiger partial charge < -0.3 is 10.1 Å². The maximum absolute atomic E-state index is 13.1. The molecule has 0 bridgehead atoms. The van der Waals surface area contributed by atoms with Crippen LogP contribution < -0.4 is 10.0 Å². The summed E-state index contributed by atoms with van der Waals surface area (Å²) in [5.41, 5.74) is 1.27. The summed E-state index contributed by atoms with van der Waals surface area (Å²) in [6, 6.07) is 3.28. The van der Waals surface area contributed by atoms with Crippen molar-refractivity contribution >= 4 is 38.2 Å². The minimum absolute atomic E-state index is 0.141. The van der Waals surface area contributed by atoms with Crippen molar-refractivity contribution in [2.24, 2.45) is 5.92 Å². The summed E-state index contributed by atoms with van der Waals surface area (Å²) in [6.07, 6.45) is 2.67. The lowest BCUT2D eigenvalue weighted by molar-refractivity contribution is -0.117. The van der Waals surface area contributed by atoms with E-state index >= 15 is 0 Å². The zero-order valence-electron chi connectivity index (χ0n) is 18.2. The van der Waals surface area contributed by atoms with E-state index in [2.05, 4.69) is 17.0 Å². The van der Waals surface area contributed by atoms with Gasteiger partial charge in [-0.3, -0.25) is 4.79 Å². The van der Waals surface area contributed by atoms with Gasteiger partial charge in [0.1, 0.15) is 16.9 Å². The molecule has 1 aliphatic rings. The monoisotopic (exact) mass is 482 g/mol. The number of carbonyl (C=O) groups excluding carboxylic acids is 2. The predicted molar refractivity (Wildman–Crippen MR) is 121 cm³/mol. The molecule has 32 heavy (non-hydrogen) atoms. The molecule has 2 N–H and O–H groups in total. The van der Waals surface area contributed by atoms with Gasteiger partial charge in [-0.15, -0.1) is 11.3 Å². The molecule has 3 rings (SSSR count). The van der Waals surface area contributed by atoms with Crippen LogP contribution in [0.25, 0.3) is 0 Å². The maximum Gasteiger partial charge on any atom is 0.341 e. The lowest BCUT2D eigenvalue weighted by Gasteiger charge is -2.18. The second kappa shape index (κ2) is 10.1. The number of nitrogens with one attached hydrogen (secondary N) is 2. The molecule has 174 valence electrons. The Kier molecular flexibility index (Phi) is 7.68. The molecule has 10 heteroatoms. The molecular formula is C22H27FN2O5S2. The summed E-state index contributed by atoms with van der Waals surface area (Å²) in [7, 11) is -4.04. The van der Waals surface area contributed by atoms with Crippen molar-refractivity contribution in [1.82, 2.24) is 4.72 Å². The van der Waals surface area contributed by atoms with Gasteiger partial charge in [-0.1, -0.05) is 13.8 Å². The molecule has 1 aromatic heterocycles. The number of sulfonamides is 1. The molecule has 1 heterocycles. The molecule has 0 fully saturated rings. The zero-order valence-corrected chi connectivity index (χ0v) is 19.9. The Balaban J connectivity index is 1.84. The number of esters is 1. The van der Waals surface area contributed by atoms with Gasteiger partial charge in [-0.25, -0.2) is 17.6 Å². The average Bonchev–Trinajstić information content (AvgIpc) is 3.09. The van der Waals surface area contributed by atoms with Crippen LogP contribution in [-0.4, -0.2) is 32.9 Å². The summed E-state index contributed by atoms with van der Waals surface area (Å²) in [5.74, 6) is -1.15. The van der Waals surface area contributed by atoms with Gasteiger partial charge in [-0.05, 0) is 68.4 Å². The Bertz CT molecular complexity index is 1100. The van der Waals surface area contributed by atoms with Crippen LogP contribution in [0.2, 0.25) is 0 Å². The summed E-state index contributed by atoms with van der Waals surface area (Å²) in [4.78, 5) is 26.5. The molecular weight excluding hydrogens is 455 g/mol. The minimum Gasteiger partial charge on any atom is -0.462 e. The van der Waals surface area contributed by atoms with E-state index in [0.29, 0.717) is 16.5 Å². The van der Waals surface area contributed by atoms with Crippen LogP contribution in [0.4, 0.5) is 9.39 Å². The van der Waals surface area contributed by atoms with Gasteiger partial charge in [0.15, 0.2) is 0 Å². The number of hydrogen-bond acceptors (Lipinski definition) is 6. The summed E-state index contributed by atoms with van der Waals surface area (Å²) in [5, 5.41) is 3.13. The molecule has 1 aromatic carbocycles. The molecule has 2 atom stereocenters. The smallest absolute Gasteiger partial charge is 0.341 e. The van der Waals surface area contributed by atoms with Crippen LogP contribution in [0, 0.1) is 11.7 Å². The Hall–Kier alpha value is -2.30. The molecule has 0 radical (unpaired) electrons. The van der Waals surface area contributed by atoms with Crippen LogP contribution in [-0.2, 0) is 32.4 Å². The number of rotatable bonds is 8. The van der Waals surface area contributed by atoms with Crippen LogP contribution in [0.15, 0.2) is 29.2 Å². The number of carbonyl (C=O) groups is 2. The molecule has 1 aliphatic carbocycles. The van der Waals surface area contributed by atoms with Crippen molar-refractivity contribution in [1.29, 1.82) is 0 Å². The second-order valence-electron chi connectivity index (χ2n) is 7.80. The van der Waals surface area contributed by atoms with Crippen LogP contribution >= 0.6 is 11.3 Å². The highest BCUT2D eigenvalue weighted by Gasteiger charge is 2.31. The number of amides is 1. The fourth-order valence-corrected chi connectivity index (χ4v) is 6.33. The predicted octanol–water partition coefficient (Wildman–Crippen LogP) is 3.88. The Labute approximate surface area is 191 Å². The number of fused-ring (bicyclic) bond motifs is 1. The summed E-state index contributed by atoms with van der Waals surface area (Å²) < 4.78 is 46.0. The van der Waals surface area contributed by atoms with Crippen molar-refractivity contribution in [2.45, 2.75) is 57.4 Å². The van der Waals surface area contributed by atoms with E-state index in [4.69, 9.17) is 4.74 Å². The van der Waals surface area contributed by atoms with Crippen molar-refractivity contribution in [3.8, 4) is 0 Å². The number of ether oxygens (including phenoxy) is 1. The highest BCUT2D eigenvalue weighted by Crippen LogP contribution is 2.40. The number of thiophene rings is 1. The van der Waals surface area contributed by atoms with Crippen molar-refractivity contribution in [3.63, 3.8) is 0 Å². The number of hydrogen-bond donors (Lipinski definition) is 2. The molecule has 0 aliphatic heterocycles. The van der Waals surface area contributed by atoms with E-state index < -0.39 is 33.8 Å². The van der Waals surface area contributed by atoms with Gasteiger partial charge in [0.05, 0.1) is 17.1 Å². The molecule has 0 spiro atoms. The number of halogens is 1. The van der Waals surface area contributed by atoms with E-state index in [1.54, 1.807) is 13.8 Å². The first-order valence-corrected chi connectivity index (χ1v) is 12.9. The fourth-order valence-electron chi connectivity index (χ4n) is 3.65. The van der Waals surface area contributed by atoms with Crippen molar-refractivity contribution < 1.29 is 27.1 Å². The van der Waals surface area contributed by atoms with Gasteiger partial charge in [-0.2, -0.15) is 4.72 Å². The average molecular weight is 483 g/mol. The fraction of sp³-hybridized carbons (Fsp3) is 0.455. The highest BCUT2D eigenvalue weighted by molar-refractivity contribution is 7.89. The Morgan fingerprint density at radius 1 is 1.25 bits per heavy atom. The standard InChI is InChI=1S/C22H27FN2O5S2/c1-4-17(25-32(28,29)15-9-7-14(23)8-10-15)20(26)24-21-19(22(27)30-5-2)16-11-6-13(3)12-18(16)31-21/h7-10,13,17,25H,4-6,11-12H2,1-3H3,(H,24,26). The van der Waals surface area contributed by atoms with Gasteiger partial charge in [0.25, 0.3) is 0 Å². The summed E-state index contributed by atoms with van der Waals surface area (Å²) >= 11 is 1.34. The zero-order chi connectivity index (χ0) is 23.5. The van der Waals surface area contributed by atoms with E-state index in [0.717, 1.165) is 54.0 Å². The van der Waals surface area contributed by atoms with E-state index in [9.17, 15) is 22.4 Å². The lowest BCUT2D eigenvalue weighted by Crippen LogP contribution is -2.43. The van der Waals surface area contributed by atoms with E-state index in [1.807, 2.05) is 0 Å². The third-order valence-corrected chi connectivity index (χ3v) is 8.03. The molecule has 2 unspecified atom stereocenters. The number of anilines is 1. The molecule has 0 saturated carbocycles. The Morgan fingerprint density at radius 3 is 2.56 bits per heavy atom. The highest BCUT2D eigenvalue weighted by atomic mass is 32.2. The molecule has 2 aromatic rings. The van der Waals surface area contributed by atoms with Crippen molar-refractivity contribution in [2.75, 3.05) is 11.9 Å². The van der Waals surface area contributed by atoms with Gasteiger partial charge in [0.2, 0.25) is 15.9 Å². The second-order valence-corrected chi connectivity index (χ2v) is 10.6. The SMILES string of the molecule is CCOC(=O)c1c(NC(=O)C(CC)NS(=O)(=O)c2ccc(F)cc2)sc2c1CCC(C)C2. The van der Waals surface area contributed by atoms with Crippen LogP contribution in [0.5, 0.6) is 0 Å². The first-order valence-electron chi connectivity index (χ1n) is 10.6.